The molecule has 0 radical (unpaired) electrons. The van der Waals surface area contributed by atoms with Crippen molar-refractivity contribution >= 4 is 34.5 Å². The first-order valence-electron chi connectivity index (χ1n) is 8.02. The Morgan fingerprint density at radius 1 is 1.27 bits per heavy atom. The van der Waals surface area contributed by atoms with E-state index >= 15 is 0 Å². The molecule has 0 aliphatic heterocycles. The number of thioether (sulfide) groups is 1. The van der Waals surface area contributed by atoms with Crippen molar-refractivity contribution in [1.29, 1.82) is 0 Å². The molecule has 0 aliphatic carbocycles. The molecule has 9 heteroatoms. The van der Waals surface area contributed by atoms with Crippen LogP contribution in [0.25, 0.3) is 11.2 Å². The Hall–Kier alpha value is -2.06. The summed E-state index contributed by atoms with van der Waals surface area (Å²) in [5.74, 6) is 1.03. The molecular formula is C17H18ClFN4O2S. The summed E-state index contributed by atoms with van der Waals surface area (Å²) in [4.78, 5) is 29.1. The molecule has 6 nitrogen and oxygen atoms in total. The van der Waals surface area contributed by atoms with Gasteiger partial charge >= 0.3 is 5.69 Å². The van der Waals surface area contributed by atoms with Gasteiger partial charge in [0, 0.05) is 31.4 Å². The van der Waals surface area contributed by atoms with Crippen molar-refractivity contribution in [3.05, 3.63) is 61.8 Å². The van der Waals surface area contributed by atoms with Gasteiger partial charge in [0.25, 0.3) is 5.56 Å². The zero-order valence-corrected chi connectivity index (χ0v) is 16.0. The highest BCUT2D eigenvalue weighted by Gasteiger charge is 2.14. The van der Waals surface area contributed by atoms with Crippen LogP contribution in [0.1, 0.15) is 12.0 Å². The lowest BCUT2D eigenvalue weighted by atomic mass is 10.2. The highest BCUT2D eigenvalue weighted by Crippen LogP contribution is 2.22. The number of nitrogens with zero attached hydrogens (tertiary/aromatic N) is 4. The van der Waals surface area contributed by atoms with Gasteiger partial charge in [-0.1, -0.05) is 17.7 Å². The number of rotatable bonds is 6. The number of hydrogen-bond acceptors (Lipinski definition) is 4. The van der Waals surface area contributed by atoms with E-state index in [2.05, 4.69) is 4.98 Å². The minimum atomic E-state index is -0.368. The molecule has 0 saturated carbocycles. The first-order chi connectivity index (χ1) is 12.4. The molecule has 138 valence electrons. The van der Waals surface area contributed by atoms with Crippen LogP contribution in [-0.2, 0) is 26.4 Å². The van der Waals surface area contributed by atoms with Crippen LogP contribution < -0.4 is 11.2 Å². The highest BCUT2D eigenvalue weighted by atomic mass is 35.5. The Morgan fingerprint density at radius 3 is 2.77 bits per heavy atom. The number of aromatic nitrogens is 4. The fourth-order valence-electron chi connectivity index (χ4n) is 2.74. The summed E-state index contributed by atoms with van der Waals surface area (Å²) in [5, 5.41) is 0.407. The van der Waals surface area contributed by atoms with Gasteiger partial charge in [0.1, 0.15) is 5.82 Å². The first kappa shape index (κ1) is 18.7. The van der Waals surface area contributed by atoms with Gasteiger partial charge in [0.2, 0.25) is 0 Å². The maximum Gasteiger partial charge on any atom is 0.332 e. The van der Waals surface area contributed by atoms with Gasteiger partial charge in [-0.05, 0) is 29.9 Å². The van der Waals surface area contributed by atoms with Crippen LogP contribution >= 0.6 is 23.4 Å². The minimum absolute atomic E-state index is 0.324. The van der Waals surface area contributed by atoms with Gasteiger partial charge in [0.15, 0.2) is 11.2 Å². The number of imidazole rings is 1. The lowest BCUT2D eigenvalue weighted by Gasteiger charge is -2.09. The summed E-state index contributed by atoms with van der Waals surface area (Å²) in [6.45, 7) is 0.330. The number of fused-ring (bicyclic) bond motifs is 1. The van der Waals surface area contributed by atoms with Crippen LogP contribution in [0.3, 0.4) is 0 Å². The molecule has 3 rings (SSSR count). The van der Waals surface area contributed by atoms with E-state index in [0.29, 0.717) is 34.9 Å². The lowest BCUT2D eigenvalue weighted by molar-refractivity contribution is 0.594. The van der Waals surface area contributed by atoms with Crippen LogP contribution in [0.15, 0.2) is 34.1 Å². The number of aryl methyl sites for hydroxylation is 2. The molecule has 3 aromatic rings. The van der Waals surface area contributed by atoms with Gasteiger partial charge in [-0.2, -0.15) is 11.8 Å². The van der Waals surface area contributed by atoms with E-state index in [0.717, 1.165) is 11.3 Å². The largest absolute Gasteiger partial charge is 0.332 e. The zero-order chi connectivity index (χ0) is 18.8. The van der Waals surface area contributed by atoms with E-state index in [9.17, 15) is 14.0 Å². The van der Waals surface area contributed by atoms with Crippen molar-refractivity contribution in [3.8, 4) is 0 Å². The summed E-state index contributed by atoms with van der Waals surface area (Å²) < 4.78 is 17.3. The summed E-state index contributed by atoms with van der Waals surface area (Å²) >= 11 is 7.63. The van der Waals surface area contributed by atoms with Crippen molar-refractivity contribution in [2.24, 2.45) is 14.1 Å². The minimum Gasteiger partial charge on any atom is -0.328 e. The van der Waals surface area contributed by atoms with Gasteiger partial charge in [-0.3, -0.25) is 13.9 Å². The Bertz CT molecular complexity index is 1070. The SMILES string of the molecule is Cn1cnc2c1c(=O)n(CCCSCc1ccc(F)cc1Cl)c(=O)n2C. The predicted octanol–water partition coefficient (Wildman–Crippen LogP) is 2.55. The second-order valence-corrected chi connectivity index (χ2v) is 7.48. The summed E-state index contributed by atoms with van der Waals surface area (Å²) in [6.07, 6.45) is 2.18. The molecule has 0 amide bonds. The smallest absolute Gasteiger partial charge is 0.328 e. The zero-order valence-electron chi connectivity index (χ0n) is 14.4. The normalized spacial score (nSPS) is 11.4. The molecule has 0 aliphatic rings. The molecule has 0 spiro atoms. The van der Waals surface area contributed by atoms with Crippen molar-refractivity contribution in [3.63, 3.8) is 0 Å². The van der Waals surface area contributed by atoms with Crippen molar-refractivity contribution < 1.29 is 4.39 Å². The lowest BCUT2D eigenvalue weighted by Crippen LogP contribution is -2.39. The maximum absolute atomic E-state index is 13.0. The third kappa shape index (κ3) is 3.57. The molecule has 0 saturated heterocycles. The van der Waals surface area contributed by atoms with Crippen LogP contribution in [-0.4, -0.2) is 24.4 Å². The topological polar surface area (TPSA) is 61.8 Å². The van der Waals surface area contributed by atoms with Crippen LogP contribution in [0, 0.1) is 5.82 Å². The molecule has 26 heavy (non-hydrogen) atoms. The number of halogens is 2. The molecular weight excluding hydrogens is 379 g/mol. The van der Waals surface area contributed by atoms with Gasteiger partial charge < -0.3 is 4.57 Å². The Labute approximate surface area is 158 Å². The Morgan fingerprint density at radius 2 is 2.04 bits per heavy atom. The van der Waals surface area contributed by atoms with E-state index in [4.69, 9.17) is 11.6 Å². The van der Waals surface area contributed by atoms with Crippen molar-refractivity contribution in [2.45, 2.75) is 18.7 Å². The van der Waals surface area contributed by atoms with Crippen LogP contribution in [0.4, 0.5) is 4.39 Å². The number of benzene rings is 1. The molecule has 0 fully saturated rings. The van der Waals surface area contributed by atoms with E-state index < -0.39 is 0 Å². The quantitative estimate of drug-likeness (QED) is 0.601. The number of hydrogen-bond donors (Lipinski definition) is 0. The van der Waals surface area contributed by atoms with Gasteiger partial charge in [-0.25, -0.2) is 14.2 Å². The standard InChI is InChI=1S/C17H18ClFN4O2S/c1-21-10-20-15-14(21)16(24)23(17(25)22(15)2)6-3-7-26-9-11-4-5-12(19)8-13(11)18/h4-5,8,10H,3,6-7,9H2,1-2H3. The van der Waals surface area contributed by atoms with Crippen LogP contribution in [0.2, 0.25) is 5.02 Å². The third-order valence-electron chi connectivity index (χ3n) is 4.14. The Kier molecular flexibility index (Phi) is 5.52. The maximum atomic E-state index is 13.0. The van der Waals surface area contributed by atoms with E-state index in [1.807, 2.05) is 0 Å². The van der Waals surface area contributed by atoms with Gasteiger partial charge in [-0.15, -0.1) is 0 Å². The van der Waals surface area contributed by atoms with E-state index in [-0.39, 0.29) is 17.1 Å². The molecule has 0 atom stereocenters. The summed E-state index contributed by atoms with van der Waals surface area (Å²) in [6, 6.07) is 4.35. The molecule has 0 unspecified atom stereocenters. The first-order valence-corrected chi connectivity index (χ1v) is 9.56. The Balaban J connectivity index is 1.66. The van der Waals surface area contributed by atoms with Crippen LogP contribution in [0.5, 0.6) is 0 Å². The van der Waals surface area contributed by atoms with Crippen molar-refractivity contribution in [1.82, 2.24) is 18.7 Å². The monoisotopic (exact) mass is 396 g/mol. The fraction of sp³-hybridized carbons (Fsp3) is 0.353. The molecule has 0 N–H and O–H groups in total. The second-order valence-electron chi connectivity index (χ2n) is 5.97. The molecule has 1 aromatic carbocycles. The highest BCUT2D eigenvalue weighted by molar-refractivity contribution is 7.98. The van der Waals surface area contributed by atoms with E-state index in [1.54, 1.807) is 36.5 Å². The van der Waals surface area contributed by atoms with E-state index in [1.165, 1.54) is 27.6 Å². The molecule has 2 heterocycles. The average Bonchev–Trinajstić information content (AvgIpc) is 2.99. The second kappa shape index (κ2) is 7.67. The third-order valence-corrected chi connectivity index (χ3v) is 5.59. The van der Waals surface area contributed by atoms with Gasteiger partial charge in [0.05, 0.1) is 6.33 Å². The average molecular weight is 397 g/mol. The summed E-state index contributed by atoms with van der Waals surface area (Å²) in [7, 11) is 3.34. The molecule has 0 bridgehead atoms. The molecule has 2 aromatic heterocycles. The summed E-state index contributed by atoms with van der Waals surface area (Å²) in [5.41, 5.74) is 0.974. The van der Waals surface area contributed by atoms with Crippen molar-refractivity contribution in [2.75, 3.05) is 5.75 Å². The predicted molar refractivity (Wildman–Crippen MR) is 102 cm³/mol. The fourth-order valence-corrected chi connectivity index (χ4v) is 4.00.